The van der Waals surface area contributed by atoms with E-state index in [1.807, 2.05) is 20.8 Å². The molecule has 8 heteroatoms. The Bertz CT molecular complexity index is 563. The van der Waals surface area contributed by atoms with E-state index in [1.54, 1.807) is 21.5 Å². The molecule has 2 amide bonds. The van der Waals surface area contributed by atoms with Crippen molar-refractivity contribution >= 4 is 28.5 Å². The summed E-state index contributed by atoms with van der Waals surface area (Å²) in [6, 6.07) is 0. The monoisotopic (exact) mass is 369 g/mol. The molecule has 2 heterocycles. The van der Waals surface area contributed by atoms with Gasteiger partial charge in [-0.2, -0.15) is 0 Å². The minimum Gasteiger partial charge on any atom is -0.452 e. The van der Waals surface area contributed by atoms with Crippen LogP contribution in [-0.2, 0) is 9.47 Å². The molecular weight excluding hydrogens is 342 g/mol. The Labute approximate surface area is 152 Å². The van der Waals surface area contributed by atoms with Crippen LogP contribution < -0.4 is 4.90 Å². The number of aromatic nitrogens is 1. The molecule has 1 fully saturated rings. The van der Waals surface area contributed by atoms with Crippen LogP contribution in [0.5, 0.6) is 0 Å². The lowest BCUT2D eigenvalue weighted by Gasteiger charge is -2.34. The summed E-state index contributed by atoms with van der Waals surface area (Å²) < 4.78 is 10.3. The number of thiazole rings is 1. The predicted octanol–water partition coefficient (Wildman–Crippen LogP) is 3.75. The number of carbonyl (C=O) groups is 2. The Morgan fingerprint density at radius 1 is 1.36 bits per heavy atom. The molecule has 0 radical (unpaired) electrons. The van der Waals surface area contributed by atoms with E-state index in [0.717, 1.165) is 24.3 Å². The molecule has 2 rings (SSSR count). The summed E-state index contributed by atoms with van der Waals surface area (Å²) in [6.45, 7) is 7.60. The third kappa shape index (κ3) is 5.88. The van der Waals surface area contributed by atoms with Crippen LogP contribution in [0.2, 0.25) is 0 Å². The van der Waals surface area contributed by atoms with Crippen LogP contribution in [0.4, 0.5) is 14.6 Å². The van der Waals surface area contributed by atoms with E-state index < -0.39 is 5.60 Å². The highest BCUT2D eigenvalue weighted by Gasteiger charge is 2.27. The summed E-state index contributed by atoms with van der Waals surface area (Å²) in [5.41, 5.74) is 1.23. The number of ether oxygens (including phenoxy) is 2. The normalized spacial score (nSPS) is 15.8. The Kier molecular flexibility index (Phi) is 6.64. The number of methoxy groups -OCH3 is 1. The van der Waals surface area contributed by atoms with Crippen molar-refractivity contribution in [3.63, 3.8) is 0 Å². The Morgan fingerprint density at radius 2 is 2.04 bits per heavy atom. The number of hydrogen-bond donors (Lipinski definition) is 0. The maximum absolute atomic E-state index is 12.1. The van der Waals surface area contributed by atoms with Crippen molar-refractivity contribution in [2.24, 2.45) is 5.92 Å². The number of carbonyl (C=O) groups excluding carboxylic acids is 2. The van der Waals surface area contributed by atoms with Gasteiger partial charge in [-0.15, -0.1) is 11.3 Å². The van der Waals surface area contributed by atoms with Crippen molar-refractivity contribution in [3.8, 4) is 0 Å². The van der Waals surface area contributed by atoms with E-state index in [2.05, 4.69) is 4.98 Å². The summed E-state index contributed by atoms with van der Waals surface area (Å²) in [6.07, 6.45) is 3.76. The highest BCUT2D eigenvalue weighted by atomic mass is 32.1. The molecule has 0 atom stereocenters. The lowest BCUT2D eigenvalue weighted by molar-refractivity contribution is 0.0182. The first-order valence-corrected chi connectivity index (χ1v) is 9.40. The van der Waals surface area contributed by atoms with Gasteiger partial charge in [0.05, 0.1) is 18.8 Å². The second-order valence-corrected chi connectivity index (χ2v) is 8.03. The first-order valence-electron chi connectivity index (χ1n) is 8.52. The molecule has 0 saturated carbocycles. The fourth-order valence-electron chi connectivity index (χ4n) is 2.79. The minimum atomic E-state index is -0.469. The Morgan fingerprint density at radius 3 is 2.56 bits per heavy atom. The Hall–Kier alpha value is -1.83. The number of likely N-dealkylation sites (tertiary alicyclic amines) is 1. The fraction of sp³-hybridized carbons (Fsp3) is 0.706. The summed E-state index contributed by atoms with van der Waals surface area (Å²) in [7, 11) is 1.38. The molecule has 0 spiro atoms. The van der Waals surface area contributed by atoms with E-state index in [9.17, 15) is 9.59 Å². The first-order chi connectivity index (χ1) is 11.8. The average Bonchev–Trinajstić information content (AvgIpc) is 3.08. The third-order valence-corrected chi connectivity index (χ3v) is 4.90. The number of rotatable bonds is 4. The second-order valence-electron chi connectivity index (χ2n) is 7.16. The molecule has 1 aliphatic rings. The van der Waals surface area contributed by atoms with Gasteiger partial charge in [0.25, 0.3) is 0 Å². The standard InChI is InChI=1S/C17H27N3O4S/c1-17(2,3)24-15(21)19-8-5-13(6-9-19)7-10-20(16(22)23-4)14-11-18-12-25-14/h11-13H,5-10H2,1-4H3. The van der Waals surface area contributed by atoms with Gasteiger partial charge in [-0.3, -0.25) is 9.88 Å². The van der Waals surface area contributed by atoms with Gasteiger partial charge in [-0.1, -0.05) is 0 Å². The van der Waals surface area contributed by atoms with Crippen LogP contribution >= 0.6 is 11.3 Å². The highest BCUT2D eigenvalue weighted by Crippen LogP contribution is 2.25. The zero-order valence-electron chi connectivity index (χ0n) is 15.4. The summed E-state index contributed by atoms with van der Waals surface area (Å²) in [5, 5.41) is 0.790. The van der Waals surface area contributed by atoms with Gasteiger partial charge < -0.3 is 14.4 Å². The topological polar surface area (TPSA) is 72.0 Å². The van der Waals surface area contributed by atoms with Gasteiger partial charge in [0, 0.05) is 19.6 Å². The number of hydrogen-bond acceptors (Lipinski definition) is 6. The second kappa shape index (κ2) is 8.51. The van der Waals surface area contributed by atoms with Crippen LogP contribution in [-0.4, -0.2) is 54.4 Å². The van der Waals surface area contributed by atoms with Gasteiger partial charge in [-0.25, -0.2) is 9.59 Å². The molecule has 0 bridgehead atoms. The van der Waals surface area contributed by atoms with Crippen molar-refractivity contribution in [1.29, 1.82) is 0 Å². The van der Waals surface area contributed by atoms with Crippen molar-refractivity contribution in [2.45, 2.75) is 45.6 Å². The number of anilines is 1. The molecule has 7 nitrogen and oxygen atoms in total. The predicted molar refractivity (Wildman–Crippen MR) is 97.0 cm³/mol. The zero-order valence-corrected chi connectivity index (χ0v) is 16.2. The summed E-state index contributed by atoms with van der Waals surface area (Å²) >= 11 is 1.42. The minimum absolute atomic E-state index is 0.244. The largest absolute Gasteiger partial charge is 0.452 e. The maximum atomic E-state index is 12.1. The Balaban J connectivity index is 1.81. The smallest absolute Gasteiger partial charge is 0.414 e. The lowest BCUT2D eigenvalue weighted by Crippen LogP contribution is -2.42. The average molecular weight is 369 g/mol. The van der Waals surface area contributed by atoms with Crippen LogP contribution in [0.3, 0.4) is 0 Å². The van der Waals surface area contributed by atoms with E-state index in [-0.39, 0.29) is 12.2 Å². The number of amides is 2. The molecule has 1 aromatic rings. The molecule has 0 aliphatic carbocycles. The number of piperidine rings is 1. The van der Waals surface area contributed by atoms with Crippen LogP contribution in [0.25, 0.3) is 0 Å². The third-order valence-electron chi connectivity index (χ3n) is 4.11. The summed E-state index contributed by atoms with van der Waals surface area (Å²) in [4.78, 5) is 31.5. The van der Waals surface area contributed by atoms with E-state index in [0.29, 0.717) is 25.6 Å². The maximum Gasteiger partial charge on any atom is 0.414 e. The van der Waals surface area contributed by atoms with Crippen LogP contribution in [0, 0.1) is 5.92 Å². The first kappa shape index (κ1) is 19.5. The van der Waals surface area contributed by atoms with Crippen molar-refractivity contribution in [1.82, 2.24) is 9.88 Å². The van der Waals surface area contributed by atoms with Gasteiger partial charge in [0.2, 0.25) is 0 Å². The molecular formula is C17H27N3O4S. The molecule has 1 aliphatic heterocycles. The zero-order chi connectivity index (χ0) is 18.4. The van der Waals surface area contributed by atoms with E-state index >= 15 is 0 Å². The quantitative estimate of drug-likeness (QED) is 0.808. The SMILES string of the molecule is COC(=O)N(CCC1CCN(C(=O)OC(C)(C)C)CC1)c1cncs1. The molecule has 25 heavy (non-hydrogen) atoms. The van der Waals surface area contributed by atoms with Gasteiger partial charge in [0.1, 0.15) is 10.6 Å². The molecule has 1 aromatic heterocycles. The molecule has 0 N–H and O–H groups in total. The molecule has 140 valence electrons. The van der Waals surface area contributed by atoms with E-state index in [1.165, 1.54) is 18.4 Å². The van der Waals surface area contributed by atoms with Crippen LogP contribution in [0.15, 0.2) is 11.7 Å². The van der Waals surface area contributed by atoms with Crippen molar-refractivity contribution in [3.05, 3.63) is 11.7 Å². The van der Waals surface area contributed by atoms with Crippen molar-refractivity contribution in [2.75, 3.05) is 31.6 Å². The lowest BCUT2D eigenvalue weighted by atomic mass is 9.93. The van der Waals surface area contributed by atoms with Gasteiger partial charge in [0.15, 0.2) is 0 Å². The highest BCUT2D eigenvalue weighted by molar-refractivity contribution is 7.14. The van der Waals surface area contributed by atoms with Crippen molar-refractivity contribution < 1.29 is 19.1 Å². The van der Waals surface area contributed by atoms with Crippen LogP contribution in [0.1, 0.15) is 40.0 Å². The molecule has 0 aromatic carbocycles. The van der Waals surface area contributed by atoms with Gasteiger partial charge >= 0.3 is 12.2 Å². The molecule has 0 unspecified atom stereocenters. The van der Waals surface area contributed by atoms with Gasteiger partial charge in [-0.05, 0) is 46.0 Å². The number of nitrogens with zero attached hydrogens (tertiary/aromatic N) is 3. The fourth-order valence-corrected chi connectivity index (χ4v) is 3.43. The molecule has 1 saturated heterocycles. The summed E-state index contributed by atoms with van der Waals surface area (Å²) in [5.74, 6) is 0.471. The van der Waals surface area contributed by atoms with E-state index in [4.69, 9.17) is 9.47 Å².